The molecule has 0 unspecified atom stereocenters. The van der Waals surface area contributed by atoms with Crippen molar-refractivity contribution in [3.05, 3.63) is 36.3 Å². The lowest BCUT2D eigenvalue weighted by Crippen LogP contribution is -1.94. The van der Waals surface area contributed by atoms with Crippen LogP contribution in [0, 0.1) is 6.92 Å². The van der Waals surface area contributed by atoms with Crippen molar-refractivity contribution in [3.8, 4) is 11.3 Å². The van der Waals surface area contributed by atoms with E-state index < -0.39 is 0 Å². The Morgan fingerprint density at radius 3 is 2.76 bits per heavy atom. The van der Waals surface area contributed by atoms with E-state index in [0.29, 0.717) is 5.82 Å². The van der Waals surface area contributed by atoms with E-state index in [-0.39, 0.29) is 0 Å². The fourth-order valence-corrected chi connectivity index (χ4v) is 1.93. The molecule has 0 saturated carbocycles. The third-order valence-electron chi connectivity index (χ3n) is 2.78. The molecule has 3 aromatic rings. The average molecular weight is 227 g/mol. The minimum atomic E-state index is 0.650. The highest BCUT2D eigenvalue weighted by atomic mass is 15.2. The normalized spacial score (nSPS) is 11.2. The third-order valence-corrected chi connectivity index (χ3v) is 2.78. The number of aryl methyl sites for hydroxylation is 2. The van der Waals surface area contributed by atoms with Gasteiger partial charge in [-0.3, -0.25) is 9.08 Å². The number of fused-ring (bicyclic) bond motifs is 1. The van der Waals surface area contributed by atoms with E-state index in [1.165, 1.54) is 0 Å². The molecule has 2 N–H and O–H groups in total. The van der Waals surface area contributed by atoms with Gasteiger partial charge in [-0.1, -0.05) is 6.07 Å². The molecule has 86 valence electrons. The molecular weight excluding hydrogens is 214 g/mol. The summed E-state index contributed by atoms with van der Waals surface area (Å²) in [5.74, 6) is 0.650. The summed E-state index contributed by atoms with van der Waals surface area (Å²) in [6, 6.07) is 3.99. The number of anilines is 1. The van der Waals surface area contributed by atoms with Gasteiger partial charge >= 0.3 is 0 Å². The maximum atomic E-state index is 6.11. The quantitative estimate of drug-likeness (QED) is 0.687. The predicted molar refractivity (Wildman–Crippen MR) is 66.5 cm³/mol. The molecule has 0 saturated heterocycles. The van der Waals surface area contributed by atoms with Gasteiger partial charge in [-0.05, 0) is 18.6 Å². The summed E-state index contributed by atoms with van der Waals surface area (Å²) in [7, 11) is 1.87. The predicted octanol–water partition coefficient (Wildman–Crippen LogP) is 1.63. The largest absolute Gasteiger partial charge is 0.383 e. The van der Waals surface area contributed by atoms with Gasteiger partial charge in [0.1, 0.15) is 17.2 Å². The van der Waals surface area contributed by atoms with E-state index in [9.17, 15) is 0 Å². The number of nitrogen functional groups attached to an aromatic ring is 1. The zero-order chi connectivity index (χ0) is 12.0. The summed E-state index contributed by atoms with van der Waals surface area (Å²) in [5, 5.41) is 4.13. The van der Waals surface area contributed by atoms with Crippen LogP contribution in [0.3, 0.4) is 0 Å². The highest BCUT2D eigenvalue weighted by Gasteiger charge is 2.12. The van der Waals surface area contributed by atoms with Gasteiger partial charge in [0.25, 0.3) is 0 Å². The van der Waals surface area contributed by atoms with Gasteiger partial charge in [0.05, 0.1) is 6.20 Å². The first-order valence-electron chi connectivity index (χ1n) is 5.38. The molecule has 5 heteroatoms. The van der Waals surface area contributed by atoms with E-state index in [0.717, 1.165) is 22.5 Å². The second-order valence-electron chi connectivity index (χ2n) is 4.18. The summed E-state index contributed by atoms with van der Waals surface area (Å²) in [5.41, 5.74) is 9.84. The molecule has 0 bridgehead atoms. The van der Waals surface area contributed by atoms with Crippen molar-refractivity contribution in [2.45, 2.75) is 6.92 Å². The number of hydrogen-bond acceptors (Lipinski definition) is 3. The molecular formula is C12H13N5. The number of aromatic nitrogens is 4. The molecule has 3 heterocycles. The Bertz CT molecular complexity index is 692. The first kappa shape index (κ1) is 9.89. The Hall–Kier alpha value is -2.30. The summed E-state index contributed by atoms with van der Waals surface area (Å²) in [6.45, 7) is 2.03. The van der Waals surface area contributed by atoms with Gasteiger partial charge in [-0.15, -0.1) is 0 Å². The Kier molecular flexibility index (Phi) is 1.95. The van der Waals surface area contributed by atoms with Crippen LogP contribution >= 0.6 is 0 Å². The number of pyridine rings is 1. The lowest BCUT2D eigenvalue weighted by molar-refractivity contribution is 0.768. The van der Waals surface area contributed by atoms with Crippen molar-refractivity contribution in [1.29, 1.82) is 0 Å². The van der Waals surface area contributed by atoms with E-state index in [1.807, 2.05) is 42.9 Å². The van der Waals surface area contributed by atoms with E-state index in [2.05, 4.69) is 10.1 Å². The van der Waals surface area contributed by atoms with Crippen LogP contribution < -0.4 is 5.73 Å². The van der Waals surface area contributed by atoms with Crippen LogP contribution in [0.4, 0.5) is 5.82 Å². The Labute approximate surface area is 98.5 Å². The minimum absolute atomic E-state index is 0.650. The van der Waals surface area contributed by atoms with Crippen LogP contribution in [0.15, 0.2) is 30.7 Å². The van der Waals surface area contributed by atoms with E-state index in [1.54, 1.807) is 10.9 Å². The van der Waals surface area contributed by atoms with Gasteiger partial charge in [-0.2, -0.15) is 5.10 Å². The molecule has 0 atom stereocenters. The molecule has 0 amide bonds. The number of nitrogens with two attached hydrogens (primary N) is 1. The number of nitrogens with zero attached hydrogens (tertiary/aromatic N) is 4. The molecule has 0 radical (unpaired) electrons. The van der Waals surface area contributed by atoms with Gasteiger partial charge < -0.3 is 5.73 Å². The first-order valence-corrected chi connectivity index (χ1v) is 5.38. The van der Waals surface area contributed by atoms with Crippen molar-refractivity contribution in [2.75, 3.05) is 5.73 Å². The van der Waals surface area contributed by atoms with Crippen LogP contribution in [0.1, 0.15) is 5.56 Å². The average Bonchev–Trinajstić information content (AvgIpc) is 2.84. The smallest absolute Gasteiger partial charge is 0.139 e. The van der Waals surface area contributed by atoms with Crippen LogP contribution in [-0.2, 0) is 7.05 Å². The monoisotopic (exact) mass is 227 g/mol. The zero-order valence-corrected chi connectivity index (χ0v) is 9.75. The fourth-order valence-electron chi connectivity index (χ4n) is 1.93. The standard InChI is InChI=1S/C12H13N5/c1-8-3-4-10-15-11(12(13)17(10)6-8)9-5-14-16(2)7-9/h3-7H,13H2,1-2H3. The van der Waals surface area contributed by atoms with Crippen LogP contribution in [0.25, 0.3) is 16.9 Å². The van der Waals surface area contributed by atoms with E-state index >= 15 is 0 Å². The zero-order valence-electron chi connectivity index (χ0n) is 9.75. The molecule has 5 nitrogen and oxygen atoms in total. The summed E-state index contributed by atoms with van der Waals surface area (Å²) in [6.07, 6.45) is 5.66. The Morgan fingerprint density at radius 2 is 2.06 bits per heavy atom. The SMILES string of the molecule is Cc1ccc2nc(-c3cnn(C)c3)c(N)n2c1. The number of hydrogen-bond donors (Lipinski definition) is 1. The topological polar surface area (TPSA) is 61.1 Å². The maximum absolute atomic E-state index is 6.11. The Morgan fingerprint density at radius 1 is 1.24 bits per heavy atom. The second kappa shape index (κ2) is 3.35. The fraction of sp³-hybridized carbons (Fsp3) is 0.167. The van der Waals surface area contributed by atoms with Gasteiger partial charge in [0.15, 0.2) is 0 Å². The van der Waals surface area contributed by atoms with Crippen molar-refractivity contribution < 1.29 is 0 Å². The van der Waals surface area contributed by atoms with Crippen LogP contribution in [0.2, 0.25) is 0 Å². The maximum Gasteiger partial charge on any atom is 0.139 e. The molecule has 3 aromatic heterocycles. The van der Waals surface area contributed by atoms with Crippen LogP contribution in [-0.4, -0.2) is 19.2 Å². The van der Waals surface area contributed by atoms with Gasteiger partial charge in [0.2, 0.25) is 0 Å². The van der Waals surface area contributed by atoms with Crippen molar-refractivity contribution in [1.82, 2.24) is 19.2 Å². The summed E-state index contributed by atoms with van der Waals surface area (Å²) >= 11 is 0. The molecule has 0 aliphatic heterocycles. The molecule has 0 spiro atoms. The van der Waals surface area contributed by atoms with Gasteiger partial charge in [0, 0.05) is 25.0 Å². The molecule has 3 rings (SSSR count). The van der Waals surface area contributed by atoms with Crippen LogP contribution in [0.5, 0.6) is 0 Å². The molecule has 0 aliphatic rings. The summed E-state index contributed by atoms with van der Waals surface area (Å²) in [4.78, 5) is 4.52. The van der Waals surface area contributed by atoms with Crippen molar-refractivity contribution in [3.63, 3.8) is 0 Å². The van der Waals surface area contributed by atoms with Crippen molar-refractivity contribution >= 4 is 11.5 Å². The summed E-state index contributed by atoms with van der Waals surface area (Å²) < 4.78 is 3.64. The third kappa shape index (κ3) is 1.47. The lowest BCUT2D eigenvalue weighted by atomic mass is 10.2. The second-order valence-corrected chi connectivity index (χ2v) is 4.18. The molecule has 0 aliphatic carbocycles. The molecule has 0 fully saturated rings. The van der Waals surface area contributed by atoms with Gasteiger partial charge in [-0.25, -0.2) is 4.98 Å². The lowest BCUT2D eigenvalue weighted by Gasteiger charge is -1.97. The van der Waals surface area contributed by atoms with E-state index in [4.69, 9.17) is 5.73 Å². The molecule has 0 aromatic carbocycles. The highest BCUT2D eigenvalue weighted by Crippen LogP contribution is 2.25. The Balaban J connectivity index is 2.27. The first-order chi connectivity index (χ1) is 8.15. The minimum Gasteiger partial charge on any atom is -0.383 e. The molecule has 17 heavy (non-hydrogen) atoms. The number of rotatable bonds is 1. The van der Waals surface area contributed by atoms with Crippen molar-refractivity contribution in [2.24, 2.45) is 7.05 Å². The number of imidazole rings is 1. The highest BCUT2D eigenvalue weighted by molar-refractivity contribution is 5.74.